The molecule has 0 fully saturated rings. The minimum Gasteiger partial charge on any atom is -0.356 e. The minimum absolute atomic E-state index is 0.0230. The Bertz CT molecular complexity index is 460. The fourth-order valence-electron chi connectivity index (χ4n) is 1.99. The van der Waals surface area contributed by atoms with Crippen molar-refractivity contribution in [3.8, 4) is 0 Å². The third-order valence-corrected chi connectivity index (χ3v) is 3.20. The van der Waals surface area contributed by atoms with E-state index < -0.39 is 0 Å². The first-order valence-electron chi connectivity index (χ1n) is 7.22. The van der Waals surface area contributed by atoms with Gasteiger partial charge in [0.2, 0.25) is 11.8 Å². The predicted molar refractivity (Wildman–Crippen MR) is 80.0 cm³/mol. The normalized spacial score (nSPS) is 10.2. The number of rotatable bonds is 8. The van der Waals surface area contributed by atoms with E-state index in [0.29, 0.717) is 19.5 Å². The standard InChI is InChI=1S/C16H23FN2O2/c1-13(20)18-11-5-3-4-6-16(21)19(2)12-14-7-9-15(17)10-8-14/h7-10H,3-6,11-12H2,1-2H3,(H,18,20). The molecule has 21 heavy (non-hydrogen) atoms. The molecule has 1 aromatic rings. The topological polar surface area (TPSA) is 49.4 Å². The lowest BCUT2D eigenvalue weighted by molar-refractivity contribution is -0.130. The summed E-state index contributed by atoms with van der Waals surface area (Å²) in [6, 6.07) is 6.17. The molecular weight excluding hydrogens is 271 g/mol. The molecule has 4 nitrogen and oxygen atoms in total. The molecule has 1 rings (SSSR count). The van der Waals surface area contributed by atoms with Crippen molar-refractivity contribution in [1.29, 1.82) is 0 Å². The van der Waals surface area contributed by atoms with Crippen LogP contribution >= 0.6 is 0 Å². The molecule has 0 unspecified atom stereocenters. The van der Waals surface area contributed by atoms with Gasteiger partial charge in [0.1, 0.15) is 5.82 Å². The monoisotopic (exact) mass is 294 g/mol. The second-order valence-corrected chi connectivity index (χ2v) is 5.17. The summed E-state index contributed by atoms with van der Waals surface area (Å²) >= 11 is 0. The van der Waals surface area contributed by atoms with E-state index >= 15 is 0 Å². The quantitative estimate of drug-likeness (QED) is 0.749. The number of nitrogens with one attached hydrogen (secondary N) is 1. The first-order valence-corrected chi connectivity index (χ1v) is 7.22. The Morgan fingerprint density at radius 1 is 1.14 bits per heavy atom. The van der Waals surface area contributed by atoms with Crippen LogP contribution in [0, 0.1) is 5.82 Å². The van der Waals surface area contributed by atoms with Crippen LogP contribution in [0.15, 0.2) is 24.3 Å². The number of nitrogens with zero attached hydrogens (tertiary/aromatic N) is 1. The van der Waals surface area contributed by atoms with Crippen molar-refractivity contribution in [1.82, 2.24) is 10.2 Å². The number of hydrogen-bond acceptors (Lipinski definition) is 2. The minimum atomic E-state index is -0.271. The largest absolute Gasteiger partial charge is 0.356 e. The molecule has 0 saturated heterocycles. The van der Waals surface area contributed by atoms with Gasteiger partial charge in [-0.1, -0.05) is 18.6 Å². The molecule has 2 amide bonds. The molecule has 0 aromatic heterocycles. The summed E-state index contributed by atoms with van der Waals surface area (Å²) < 4.78 is 12.8. The number of benzene rings is 1. The van der Waals surface area contributed by atoms with Gasteiger partial charge in [-0.05, 0) is 30.5 Å². The summed E-state index contributed by atoms with van der Waals surface area (Å²) in [6.45, 7) is 2.65. The molecule has 116 valence electrons. The average Bonchev–Trinajstić information content (AvgIpc) is 2.44. The molecule has 0 aliphatic heterocycles. The van der Waals surface area contributed by atoms with Gasteiger partial charge in [0, 0.05) is 33.5 Å². The maximum absolute atomic E-state index is 12.8. The molecule has 5 heteroatoms. The van der Waals surface area contributed by atoms with E-state index in [4.69, 9.17) is 0 Å². The molecule has 0 bridgehead atoms. The second kappa shape index (κ2) is 9.10. The molecule has 0 radical (unpaired) electrons. The van der Waals surface area contributed by atoms with Gasteiger partial charge in [-0.3, -0.25) is 9.59 Å². The number of unbranched alkanes of at least 4 members (excludes halogenated alkanes) is 2. The Kier molecular flexibility index (Phi) is 7.43. The van der Waals surface area contributed by atoms with Crippen LogP contribution in [0.1, 0.15) is 38.2 Å². The summed E-state index contributed by atoms with van der Waals surface area (Å²) in [6.07, 6.45) is 3.11. The number of carbonyl (C=O) groups excluding carboxylic acids is 2. The van der Waals surface area contributed by atoms with Crippen LogP contribution < -0.4 is 5.32 Å². The second-order valence-electron chi connectivity index (χ2n) is 5.17. The average molecular weight is 294 g/mol. The molecule has 0 spiro atoms. The Hall–Kier alpha value is -1.91. The lowest BCUT2D eigenvalue weighted by Gasteiger charge is -2.17. The summed E-state index contributed by atoms with van der Waals surface area (Å²) in [7, 11) is 1.75. The van der Waals surface area contributed by atoms with Crippen LogP contribution in [0.25, 0.3) is 0 Å². The molecule has 0 saturated carbocycles. The third-order valence-electron chi connectivity index (χ3n) is 3.20. The van der Waals surface area contributed by atoms with Gasteiger partial charge in [0.15, 0.2) is 0 Å². The number of hydrogen-bond donors (Lipinski definition) is 1. The Balaban J connectivity index is 2.19. The Labute approximate surface area is 125 Å². The third kappa shape index (κ3) is 7.44. The molecule has 0 aliphatic rings. The zero-order valence-electron chi connectivity index (χ0n) is 12.7. The van der Waals surface area contributed by atoms with Crippen LogP contribution in [-0.4, -0.2) is 30.3 Å². The van der Waals surface area contributed by atoms with E-state index in [9.17, 15) is 14.0 Å². The van der Waals surface area contributed by atoms with E-state index in [0.717, 1.165) is 24.8 Å². The van der Waals surface area contributed by atoms with Crippen molar-refractivity contribution in [3.05, 3.63) is 35.6 Å². The zero-order valence-corrected chi connectivity index (χ0v) is 12.7. The molecule has 1 N–H and O–H groups in total. The molecule has 1 aromatic carbocycles. The zero-order chi connectivity index (χ0) is 15.7. The predicted octanol–water partition coefficient (Wildman–Crippen LogP) is 2.48. The number of carbonyl (C=O) groups is 2. The molecule has 0 aliphatic carbocycles. The van der Waals surface area contributed by atoms with Crippen molar-refractivity contribution < 1.29 is 14.0 Å². The van der Waals surface area contributed by atoms with Crippen LogP contribution in [-0.2, 0) is 16.1 Å². The maximum atomic E-state index is 12.8. The van der Waals surface area contributed by atoms with Crippen LogP contribution in [0.4, 0.5) is 4.39 Å². The molecule has 0 atom stereocenters. The SMILES string of the molecule is CC(=O)NCCCCCC(=O)N(C)Cc1ccc(F)cc1. The fourth-order valence-corrected chi connectivity index (χ4v) is 1.99. The number of amides is 2. The highest BCUT2D eigenvalue weighted by molar-refractivity contribution is 5.75. The van der Waals surface area contributed by atoms with Crippen LogP contribution in [0.2, 0.25) is 0 Å². The Morgan fingerprint density at radius 2 is 1.81 bits per heavy atom. The fraction of sp³-hybridized carbons (Fsp3) is 0.500. The lowest BCUT2D eigenvalue weighted by atomic mass is 10.1. The van der Waals surface area contributed by atoms with Gasteiger partial charge >= 0.3 is 0 Å². The van der Waals surface area contributed by atoms with Crippen molar-refractivity contribution in [2.45, 2.75) is 39.2 Å². The van der Waals surface area contributed by atoms with E-state index in [-0.39, 0.29) is 17.6 Å². The first kappa shape index (κ1) is 17.1. The van der Waals surface area contributed by atoms with Gasteiger partial charge in [0.05, 0.1) is 0 Å². The van der Waals surface area contributed by atoms with Gasteiger partial charge < -0.3 is 10.2 Å². The van der Waals surface area contributed by atoms with Gasteiger partial charge in [-0.25, -0.2) is 4.39 Å². The van der Waals surface area contributed by atoms with Crippen LogP contribution in [0.3, 0.4) is 0 Å². The highest BCUT2D eigenvalue weighted by Crippen LogP contribution is 2.08. The van der Waals surface area contributed by atoms with Gasteiger partial charge in [-0.15, -0.1) is 0 Å². The smallest absolute Gasteiger partial charge is 0.222 e. The van der Waals surface area contributed by atoms with E-state index in [1.54, 1.807) is 24.1 Å². The summed E-state index contributed by atoms with van der Waals surface area (Å²) in [5.41, 5.74) is 0.915. The molecular formula is C16H23FN2O2. The maximum Gasteiger partial charge on any atom is 0.222 e. The number of halogens is 1. The summed E-state index contributed by atoms with van der Waals surface area (Å²) in [5, 5.41) is 2.73. The van der Waals surface area contributed by atoms with Crippen molar-refractivity contribution >= 4 is 11.8 Å². The highest BCUT2D eigenvalue weighted by atomic mass is 19.1. The van der Waals surface area contributed by atoms with E-state index in [1.165, 1.54) is 19.1 Å². The van der Waals surface area contributed by atoms with E-state index in [1.807, 2.05) is 0 Å². The Morgan fingerprint density at radius 3 is 2.43 bits per heavy atom. The first-order chi connectivity index (χ1) is 9.99. The summed E-state index contributed by atoms with van der Waals surface area (Å²) in [4.78, 5) is 24.3. The van der Waals surface area contributed by atoms with E-state index in [2.05, 4.69) is 5.32 Å². The van der Waals surface area contributed by atoms with Crippen molar-refractivity contribution in [2.24, 2.45) is 0 Å². The van der Waals surface area contributed by atoms with Crippen molar-refractivity contribution in [2.75, 3.05) is 13.6 Å². The molecule has 0 heterocycles. The van der Waals surface area contributed by atoms with Gasteiger partial charge in [0.25, 0.3) is 0 Å². The van der Waals surface area contributed by atoms with Crippen molar-refractivity contribution in [3.63, 3.8) is 0 Å². The van der Waals surface area contributed by atoms with Gasteiger partial charge in [-0.2, -0.15) is 0 Å². The summed E-state index contributed by atoms with van der Waals surface area (Å²) in [5.74, 6) is -0.212. The lowest BCUT2D eigenvalue weighted by Crippen LogP contribution is -2.26. The highest BCUT2D eigenvalue weighted by Gasteiger charge is 2.08. The van der Waals surface area contributed by atoms with Crippen LogP contribution in [0.5, 0.6) is 0 Å².